The molecule has 0 bridgehead atoms. The van der Waals surface area contributed by atoms with Crippen molar-refractivity contribution in [1.82, 2.24) is 5.32 Å². The Morgan fingerprint density at radius 1 is 1.36 bits per heavy atom. The van der Waals surface area contributed by atoms with E-state index in [1.165, 1.54) is 18.4 Å². The lowest BCUT2D eigenvalue weighted by atomic mass is 9.74. The molecule has 1 atom stereocenters. The first kappa shape index (κ1) is 20.3. The fourth-order valence-electron chi connectivity index (χ4n) is 3.70. The molecule has 1 aromatic carbocycles. The Morgan fingerprint density at radius 2 is 2.11 bits per heavy atom. The maximum atomic E-state index is 13.1. The van der Waals surface area contributed by atoms with Gasteiger partial charge in [0.15, 0.2) is 0 Å². The molecule has 152 valence electrons. The molecule has 3 rings (SSSR count). The van der Waals surface area contributed by atoms with Gasteiger partial charge in [0.05, 0.1) is 24.0 Å². The summed E-state index contributed by atoms with van der Waals surface area (Å²) in [6.07, 6.45) is 4.46. The zero-order valence-electron chi connectivity index (χ0n) is 16.0. The summed E-state index contributed by atoms with van der Waals surface area (Å²) in [6, 6.07) is 6.22. The maximum absolute atomic E-state index is 13.1. The third-order valence-corrected chi connectivity index (χ3v) is 5.30. The molecule has 0 aromatic heterocycles. The minimum atomic E-state index is -0.518. The lowest BCUT2D eigenvalue weighted by Gasteiger charge is -2.37. The molecule has 1 N–H and O–H groups in total. The number of carbonyl (C=O) groups excluding carboxylic acids is 1. The van der Waals surface area contributed by atoms with Crippen molar-refractivity contribution in [3.8, 4) is 0 Å². The molecule has 0 saturated carbocycles. The first-order valence-corrected chi connectivity index (χ1v) is 9.70. The van der Waals surface area contributed by atoms with Gasteiger partial charge in [-0.15, -0.1) is 0 Å². The molecular formula is C21H27FN2O4. The van der Waals surface area contributed by atoms with Crippen LogP contribution in [0.3, 0.4) is 0 Å². The Hall–Kier alpha value is -2.41. The molecular weight excluding hydrogens is 363 g/mol. The third-order valence-electron chi connectivity index (χ3n) is 5.30. The number of rotatable bonds is 9. The molecule has 28 heavy (non-hydrogen) atoms. The van der Waals surface area contributed by atoms with Crippen molar-refractivity contribution in [1.29, 1.82) is 0 Å². The van der Waals surface area contributed by atoms with Crippen LogP contribution in [0, 0.1) is 11.2 Å². The summed E-state index contributed by atoms with van der Waals surface area (Å²) in [5.41, 5.74) is 1.11. The minimum Gasteiger partial charge on any atom is -0.502 e. The molecule has 1 fully saturated rings. The van der Waals surface area contributed by atoms with Gasteiger partial charge >= 0.3 is 0 Å². The second-order valence-corrected chi connectivity index (χ2v) is 7.22. The molecule has 0 aliphatic carbocycles. The number of amides is 1. The van der Waals surface area contributed by atoms with E-state index in [4.69, 9.17) is 14.3 Å². The van der Waals surface area contributed by atoms with E-state index in [-0.39, 0.29) is 17.8 Å². The van der Waals surface area contributed by atoms with Crippen LogP contribution in [0.1, 0.15) is 37.7 Å². The fourth-order valence-corrected chi connectivity index (χ4v) is 3.70. The van der Waals surface area contributed by atoms with Crippen LogP contribution in [0.25, 0.3) is 0 Å². The van der Waals surface area contributed by atoms with Crippen LogP contribution in [-0.4, -0.2) is 44.1 Å². The number of oxime groups is 1. The van der Waals surface area contributed by atoms with Crippen molar-refractivity contribution in [2.75, 3.05) is 26.4 Å². The van der Waals surface area contributed by atoms with Gasteiger partial charge in [-0.2, -0.15) is 0 Å². The molecule has 1 amide bonds. The monoisotopic (exact) mass is 390 g/mol. The molecule has 0 spiro atoms. The Morgan fingerprint density at radius 3 is 2.82 bits per heavy atom. The van der Waals surface area contributed by atoms with E-state index >= 15 is 0 Å². The number of ether oxygens (including phenoxy) is 2. The predicted molar refractivity (Wildman–Crippen MR) is 103 cm³/mol. The van der Waals surface area contributed by atoms with E-state index in [2.05, 4.69) is 17.1 Å². The van der Waals surface area contributed by atoms with Crippen molar-refractivity contribution in [2.24, 2.45) is 10.6 Å². The zero-order chi connectivity index (χ0) is 19.8. The number of nitrogens with one attached hydrogen (secondary N) is 1. The highest BCUT2D eigenvalue weighted by atomic mass is 19.1. The highest BCUT2D eigenvalue weighted by Gasteiger charge is 2.43. The summed E-state index contributed by atoms with van der Waals surface area (Å²) in [4.78, 5) is 18.6. The third kappa shape index (κ3) is 5.10. The van der Waals surface area contributed by atoms with Gasteiger partial charge in [-0.05, 0) is 37.0 Å². The second-order valence-electron chi connectivity index (χ2n) is 7.22. The van der Waals surface area contributed by atoms with Crippen LogP contribution >= 0.6 is 0 Å². The van der Waals surface area contributed by atoms with E-state index in [0.29, 0.717) is 52.0 Å². The molecule has 0 radical (unpaired) electrons. The number of benzene rings is 1. The van der Waals surface area contributed by atoms with Crippen molar-refractivity contribution in [2.45, 2.75) is 38.2 Å². The highest BCUT2D eigenvalue weighted by Crippen LogP contribution is 2.38. The summed E-state index contributed by atoms with van der Waals surface area (Å²) < 4.78 is 23.7. The van der Waals surface area contributed by atoms with Crippen molar-refractivity contribution in [3.05, 3.63) is 48.5 Å². The van der Waals surface area contributed by atoms with Gasteiger partial charge in [0, 0.05) is 32.6 Å². The molecule has 1 saturated heterocycles. The smallest absolute Gasteiger partial charge is 0.226 e. The van der Waals surface area contributed by atoms with E-state index < -0.39 is 5.41 Å². The summed E-state index contributed by atoms with van der Waals surface area (Å²) in [5, 5.41) is 7.21. The Bertz CT molecular complexity index is 699. The van der Waals surface area contributed by atoms with Crippen LogP contribution in [0.4, 0.5) is 4.39 Å². The van der Waals surface area contributed by atoms with Crippen LogP contribution in [0.15, 0.2) is 42.3 Å². The van der Waals surface area contributed by atoms with Crippen molar-refractivity contribution < 1.29 is 23.5 Å². The lowest BCUT2D eigenvalue weighted by molar-refractivity contribution is -0.140. The van der Waals surface area contributed by atoms with Crippen molar-refractivity contribution >= 4 is 11.6 Å². The lowest BCUT2D eigenvalue weighted by Crippen LogP contribution is -2.47. The summed E-state index contributed by atoms with van der Waals surface area (Å²) in [7, 11) is 0. The highest BCUT2D eigenvalue weighted by molar-refractivity contribution is 6.01. The predicted octanol–water partition coefficient (Wildman–Crippen LogP) is 3.17. The number of hydrogen-bond donors (Lipinski definition) is 1. The molecule has 1 aromatic rings. The fraction of sp³-hybridized carbons (Fsp3) is 0.524. The number of nitrogens with zero attached hydrogens (tertiary/aromatic N) is 1. The van der Waals surface area contributed by atoms with Gasteiger partial charge in [0.25, 0.3) is 0 Å². The number of hydrogen-bond acceptors (Lipinski definition) is 5. The Kier molecular flexibility index (Phi) is 7.03. The summed E-state index contributed by atoms with van der Waals surface area (Å²) >= 11 is 0. The molecule has 7 heteroatoms. The van der Waals surface area contributed by atoms with Crippen LogP contribution in [0.5, 0.6) is 0 Å². The first-order valence-electron chi connectivity index (χ1n) is 9.70. The van der Waals surface area contributed by atoms with Gasteiger partial charge in [-0.3, -0.25) is 4.79 Å². The standard InChI is InChI=1S/C21H27FN2O4/c1-2-26-11-3-10-23-20(25)21(8-12-27-13-9-21)15-18-14-19(24-28-18)16-4-6-17(22)7-5-16/h2,4-7,18H,1,3,8-15H2,(H,23,25)/t18-/m0/s1. The molecule has 2 aliphatic heterocycles. The van der Waals surface area contributed by atoms with Gasteiger partial charge in [-0.25, -0.2) is 4.39 Å². The SMILES string of the molecule is C=COCCCNC(=O)C1(C[C@@H]2CC(c3ccc(F)cc3)=NO2)CCOCC1. The minimum absolute atomic E-state index is 0.0354. The zero-order valence-corrected chi connectivity index (χ0v) is 16.0. The van der Waals surface area contributed by atoms with Gasteiger partial charge in [0.1, 0.15) is 11.9 Å². The van der Waals surface area contributed by atoms with Gasteiger partial charge in [-0.1, -0.05) is 23.9 Å². The van der Waals surface area contributed by atoms with Crippen LogP contribution in [-0.2, 0) is 19.1 Å². The second kappa shape index (κ2) is 9.68. The van der Waals surface area contributed by atoms with Crippen LogP contribution in [0.2, 0.25) is 0 Å². The van der Waals surface area contributed by atoms with Crippen LogP contribution < -0.4 is 5.32 Å². The molecule has 6 nitrogen and oxygen atoms in total. The van der Waals surface area contributed by atoms with E-state index in [9.17, 15) is 9.18 Å². The Labute approximate surface area is 164 Å². The summed E-state index contributed by atoms with van der Waals surface area (Å²) in [6.45, 7) is 5.70. The topological polar surface area (TPSA) is 69.2 Å². The average Bonchev–Trinajstić information content (AvgIpc) is 3.17. The average molecular weight is 390 g/mol. The largest absolute Gasteiger partial charge is 0.502 e. The summed E-state index contributed by atoms with van der Waals surface area (Å²) in [5.74, 6) is -0.246. The van der Waals surface area contributed by atoms with Gasteiger partial charge in [0.2, 0.25) is 5.91 Å². The van der Waals surface area contributed by atoms with Gasteiger partial charge < -0.3 is 19.6 Å². The van der Waals surface area contributed by atoms with E-state index in [1.54, 1.807) is 12.1 Å². The molecule has 0 unspecified atom stereocenters. The van der Waals surface area contributed by atoms with E-state index in [1.807, 2.05) is 0 Å². The number of carbonyl (C=O) groups is 1. The quantitative estimate of drug-likeness (QED) is 0.519. The maximum Gasteiger partial charge on any atom is 0.226 e. The normalized spacial score (nSPS) is 20.8. The van der Waals surface area contributed by atoms with Crippen molar-refractivity contribution in [3.63, 3.8) is 0 Å². The first-order chi connectivity index (χ1) is 13.6. The van der Waals surface area contributed by atoms with E-state index in [0.717, 1.165) is 17.7 Å². The number of halogens is 1. The Balaban J connectivity index is 1.57. The molecule has 2 heterocycles. The molecule has 2 aliphatic rings.